The molecule has 3 rings (SSSR count). The lowest BCUT2D eigenvalue weighted by molar-refractivity contribution is 0.918. The van der Waals surface area contributed by atoms with Gasteiger partial charge in [0.1, 0.15) is 16.6 Å². The van der Waals surface area contributed by atoms with Gasteiger partial charge in [-0.3, -0.25) is 4.98 Å². The highest BCUT2D eigenvalue weighted by molar-refractivity contribution is 6.32. The molecule has 0 saturated heterocycles. The number of halogens is 2. The highest BCUT2D eigenvalue weighted by Gasteiger charge is 2.14. The third kappa shape index (κ3) is 2.75. The molecule has 0 spiro atoms. The van der Waals surface area contributed by atoms with Gasteiger partial charge in [0.15, 0.2) is 5.82 Å². The topological polar surface area (TPSA) is 56.5 Å². The SMILES string of the molecule is Cc1cc(-c2cc(Cl)nc(Cl)c2)c(-c2nncn2C)cn1. The van der Waals surface area contributed by atoms with Crippen LogP contribution in [0.4, 0.5) is 0 Å². The second-order valence-electron chi connectivity index (χ2n) is 4.64. The molecular formula is C14H11Cl2N5. The minimum atomic E-state index is 0.343. The van der Waals surface area contributed by atoms with E-state index in [0.717, 1.165) is 28.2 Å². The van der Waals surface area contributed by atoms with Crippen molar-refractivity contribution in [3.05, 3.63) is 46.7 Å². The monoisotopic (exact) mass is 319 g/mol. The maximum absolute atomic E-state index is 6.00. The summed E-state index contributed by atoms with van der Waals surface area (Å²) in [5.74, 6) is 0.724. The summed E-state index contributed by atoms with van der Waals surface area (Å²) in [4.78, 5) is 8.32. The Bertz CT molecular complexity index is 793. The molecule has 0 radical (unpaired) electrons. The Balaban J connectivity index is 2.26. The lowest BCUT2D eigenvalue weighted by Crippen LogP contribution is -1.96. The van der Waals surface area contributed by atoms with Gasteiger partial charge in [0.25, 0.3) is 0 Å². The van der Waals surface area contributed by atoms with Crippen molar-refractivity contribution in [3.8, 4) is 22.5 Å². The summed E-state index contributed by atoms with van der Waals surface area (Å²) in [5.41, 5.74) is 3.55. The van der Waals surface area contributed by atoms with Crippen molar-refractivity contribution in [2.24, 2.45) is 7.05 Å². The van der Waals surface area contributed by atoms with Gasteiger partial charge < -0.3 is 4.57 Å². The molecule has 0 bridgehead atoms. The van der Waals surface area contributed by atoms with E-state index in [1.54, 1.807) is 24.7 Å². The molecule has 3 aromatic rings. The van der Waals surface area contributed by atoms with Gasteiger partial charge in [-0.05, 0) is 36.2 Å². The molecule has 106 valence electrons. The first-order valence-electron chi connectivity index (χ1n) is 6.19. The summed E-state index contributed by atoms with van der Waals surface area (Å²) >= 11 is 12.0. The fourth-order valence-electron chi connectivity index (χ4n) is 2.12. The maximum Gasteiger partial charge on any atom is 0.165 e. The molecule has 0 atom stereocenters. The van der Waals surface area contributed by atoms with Crippen LogP contribution in [0, 0.1) is 6.92 Å². The fraction of sp³-hybridized carbons (Fsp3) is 0.143. The van der Waals surface area contributed by atoms with Gasteiger partial charge in [0.05, 0.1) is 0 Å². The van der Waals surface area contributed by atoms with Gasteiger partial charge in [0, 0.05) is 24.5 Å². The number of aryl methyl sites for hydroxylation is 2. The quantitative estimate of drug-likeness (QED) is 0.678. The van der Waals surface area contributed by atoms with Crippen LogP contribution in [0.2, 0.25) is 10.3 Å². The van der Waals surface area contributed by atoms with Gasteiger partial charge in [0.2, 0.25) is 0 Å². The van der Waals surface area contributed by atoms with E-state index in [4.69, 9.17) is 23.2 Å². The number of hydrogen-bond acceptors (Lipinski definition) is 4. The van der Waals surface area contributed by atoms with Crippen LogP contribution in [0.5, 0.6) is 0 Å². The molecule has 0 amide bonds. The summed E-state index contributed by atoms with van der Waals surface area (Å²) < 4.78 is 1.83. The third-order valence-corrected chi connectivity index (χ3v) is 3.45. The van der Waals surface area contributed by atoms with Crippen LogP contribution in [0.1, 0.15) is 5.69 Å². The highest BCUT2D eigenvalue weighted by Crippen LogP contribution is 2.32. The van der Waals surface area contributed by atoms with Crippen LogP contribution in [0.3, 0.4) is 0 Å². The Hall–Kier alpha value is -1.98. The zero-order valence-corrected chi connectivity index (χ0v) is 12.9. The van der Waals surface area contributed by atoms with E-state index < -0.39 is 0 Å². The van der Waals surface area contributed by atoms with E-state index in [1.165, 1.54) is 0 Å². The minimum absolute atomic E-state index is 0.343. The molecule has 3 aromatic heterocycles. The van der Waals surface area contributed by atoms with Crippen LogP contribution < -0.4 is 0 Å². The summed E-state index contributed by atoms with van der Waals surface area (Å²) in [7, 11) is 1.88. The van der Waals surface area contributed by atoms with E-state index in [0.29, 0.717) is 10.3 Å². The lowest BCUT2D eigenvalue weighted by atomic mass is 10.0. The summed E-state index contributed by atoms with van der Waals surface area (Å²) in [6, 6.07) is 5.50. The van der Waals surface area contributed by atoms with Gasteiger partial charge in [-0.2, -0.15) is 0 Å². The smallest absolute Gasteiger partial charge is 0.165 e. The van der Waals surface area contributed by atoms with Gasteiger partial charge >= 0.3 is 0 Å². The molecular weight excluding hydrogens is 309 g/mol. The molecule has 0 aliphatic carbocycles. The fourth-order valence-corrected chi connectivity index (χ4v) is 2.58. The Labute approximate surface area is 131 Å². The molecule has 0 aliphatic heterocycles. The second-order valence-corrected chi connectivity index (χ2v) is 5.41. The van der Waals surface area contributed by atoms with Crippen molar-refractivity contribution in [2.75, 3.05) is 0 Å². The van der Waals surface area contributed by atoms with E-state index in [-0.39, 0.29) is 0 Å². The Morgan fingerprint density at radius 3 is 2.38 bits per heavy atom. The zero-order chi connectivity index (χ0) is 15.0. The van der Waals surface area contributed by atoms with Crippen molar-refractivity contribution in [3.63, 3.8) is 0 Å². The average Bonchev–Trinajstić information content (AvgIpc) is 2.84. The van der Waals surface area contributed by atoms with E-state index in [9.17, 15) is 0 Å². The van der Waals surface area contributed by atoms with Crippen LogP contribution >= 0.6 is 23.2 Å². The van der Waals surface area contributed by atoms with E-state index >= 15 is 0 Å². The number of hydrogen-bond donors (Lipinski definition) is 0. The first-order valence-corrected chi connectivity index (χ1v) is 6.94. The first-order chi connectivity index (χ1) is 10.0. The molecule has 0 saturated carbocycles. The van der Waals surface area contributed by atoms with Crippen LogP contribution in [0.15, 0.2) is 30.7 Å². The molecule has 21 heavy (non-hydrogen) atoms. The summed E-state index contributed by atoms with van der Waals surface area (Å²) in [6.45, 7) is 1.92. The minimum Gasteiger partial charge on any atom is -0.317 e. The Morgan fingerprint density at radius 2 is 1.76 bits per heavy atom. The number of aromatic nitrogens is 5. The number of nitrogens with zero attached hydrogens (tertiary/aromatic N) is 5. The molecule has 0 aliphatic rings. The van der Waals surface area contributed by atoms with Crippen LogP contribution in [-0.2, 0) is 7.05 Å². The van der Waals surface area contributed by atoms with Crippen LogP contribution in [0.25, 0.3) is 22.5 Å². The molecule has 7 heteroatoms. The molecule has 5 nitrogen and oxygen atoms in total. The van der Waals surface area contributed by atoms with E-state index in [1.807, 2.05) is 24.6 Å². The predicted molar refractivity (Wildman–Crippen MR) is 82.2 cm³/mol. The second kappa shape index (κ2) is 5.42. The molecule has 0 fully saturated rings. The first kappa shape index (κ1) is 14.0. The number of pyridine rings is 2. The largest absolute Gasteiger partial charge is 0.317 e. The molecule has 0 unspecified atom stereocenters. The van der Waals surface area contributed by atoms with Crippen molar-refractivity contribution in [1.29, 1.82) is 0 Å². The number of rotatable bonds is 2. The molecule has 0 N–H and O–H groups in total. The van der Waals surface area contributed by atoms with Gasteiger partial charge in [-0.1, -0.05) is 23.2 Å². The van der Waals surface area contributed by atoms with Crippen molar-refractivity contribution in [2.45, 2.75) is 6.92 Å². The van der Waals surface area contributed by atoms with Crippen molar-refractivity contribution >= 4 is 23.2 Å². The average molecular weight is 320 g/mol. The summed E-state index contributed by atoms with van der Waals surface area (Å²) in [6.07, 6.45) is 3.42. The Morgan fingerprint density at radius 1 is 1.05 bits per heavy atom. The van der Waals surface area contributed by atoms with Crippen molar-refractivity contribution in [1.82, 2.24) is 24.7 Å². The normalized spacial score (nSPS) is 10.9. The van der Waals surface area contributed by atoms with Gasteiger partial charge in [-0.15, -0.1) is 10.2 Å². The maximum atomic E-state index is 6.00. The van der Waals surface area contributed by atoms with Crippen molar-refractivity contribution < 1.29 is 0 Å². The third-order valence-electron chi connectivity index (χ3n) is 3.07. The van der Waals surface area contributed by atoms with E-state index in [2.05, 4.69) is 20.2 Å². The van der Waals surface area contributed by atoms with Gasteiger partial charge in [-0.25, -0.2) is 4.98 Å². The highest BCUT2D eigenvalue weighted by atomic mass is 35.5. The molecule has 0 aromatic carbocycles. The Kier molecular flexibility index (Phi) is 3.61. The standard InChI is InChI=1S/C14H11Cl2N5/c1-8-3-10(9-4-12(15)19-13(16)5-9)11(6-17-8)14-20-18-7-21(14)2/h3-7H,1-2H3. The summed E-state index contributed by atoms with van der Waals surface area (Å²) in [5, 5.41) is 8.74. The molecule has 3 heterocycles. The van der Waals surface area contributed by atoms with Crippen LogP contribution in [-0.4, -0.2) is 24.7 Å². The zero-order valence-electron chi connectivity index (χ0n) is 11.4. The lowest BCUT2D eigenvalue weighted by Gasteiger charge is -2.10. The predicted octanol–water partition coefficient (Wildman–Crippen LogP) is 3.55.